The van der Waals surface area contributed by atoms with Gasteiger partial charge in [0.1, 0.15) is 6.29 Å². The lowest BCUT2D eigenvalue weighted by Gasteiger charge is -2.12. The molecule has 0 aromatic carbocycles. The van der Waals surface area contributed by atoms with Crippen LogP contribution in [0.25, 0.3) is 0 Å². The van der Waals surface area contributed by atoms with E-state index in [2.05, 4.69) is 14.4 Å². The summed E-state index contributed by atoms with van der Waals surface area (Å²) in [7, 11) is 3.21. The Labute approximate surface area is 87.2 Å². The number of aldehydes is 1. The van der Waals surface area contributed by atoms with Gasteiger partial charge in [0.15, 0.2) is 6.29 Å². The second kappa shape index (κ2) is 12.6. The quantitative estimate of drug-likeness (QED) is 0.481. The zero-order valence-electron chi connectivity index (χ0n) is 9.95. The number of hydrogen-bond acceptors (Lipinski definition) is 4. The van der Waals surface area contributed by atoms with E-state index in [1.165, 1.54) is 0 Å². The summed E-state index contributed by atoms with van der Waals surface area (Å²) in [5, 5.41) is 0. The van der Waals surface area contributed by atoms with Crippen LogP contribution in [0.5, 0.6) is 0 Å². The van der Waals surface area contributed by atoms with Crippen LogP contribution in [0.1, 0.15) is 20.8 Å². The number of carbonyl (C=O) groups is 1. The topological polar surface area (TPSA) is 38.8 Å². The molecule has 86 valence electrons. The highest BCUT2D eigenvalue weighted by atomic mass is 16.7. The van der Waals surface area contributed by atoms with Crippen LogP contribution in [-0.4, -0.2) is 51.3 Å². The van der Waals surface area contributed by atoms with E-state index in [9.17, 15) is 4.79 Å². The SMILES string of the molecule is CCN(CC)CC=O.COC(C)OC. The van der Waals surface area contributed by atoms with Gasteiger partial charge < -0.3 is 14.3 Å². The summed E-state index contributed by atoms with van der Waals surface area (Å²) < 4.78 is 9.35. The molecule has 0 heterocycles. The molecule has 0 saturated carbocycles. The lowest BCUT2D eigenvalue weighted by atomic mass is 10.5. The largest absolute Gasteiger partial charge is 0.356 e. The predicted octanol–water partition coefficient (Wildman–Crippen LogP) is 1.15. The van der Waals surface area contributed by atoms with Gasteiger partial charge in [0.25, 0.3) is 0 Å². The molecular formula is C10H23NO3. The van der Waals surface area contributed by atoms with Crippen LogP contribution in [0.4, 0.5) is 0 Å². The number of likely N-dealkylation sites (N-methyl/N-ethyl adjacent to an activating group) is 1. The van der Waals surface area contributed by atoms with Crippen LogP contribution in [0.3, 0.4) is 0 Å². The standard InChI is InChI=1S/C6H13NO.C4H10O2/c1-3-7(4-2)5-6-8;1-4(5-2)6-3/h6H,3-5H2,1-2H3;4H,1-3H3. The maximum Gasteiger partial charge on any atom is 0.154 e. The van der Waals surface area contributed by atoms with Crippen molar-refractivity contribution in [2.75, 3.05) is 33.9 Å². The Morgan fingerprint density at radius 3 is 1.71 bits per heavy atom. The summed E-state index contributed by atoms with van der Waals surface area (Å²) in [6, 6.07) is 0. The van der Waals surface area contributed by atoms with E-state index in [0.717, 1.165) is 19.4 Å². The van der Waals surface area contributed by atoms with Crippen molar-refractivity contribution in [3.8, 4) is 0 Å². The van der Waals surface area contributed by atoms with Gasteiger partial charge in [-0.2, -0.15) is 0 Å². The van der Waals surface area contributed by atoms with E-state index in [0.29, 0.717) is 6.54 Å². The molecule has 0 aliphatic carbocycles. The van der Waals surface area contributed by atoms with Gasteiger partial charge in [0.2, 0.25) is 0 Å². The van der Waals surface area contributed by atoms with Crippen molar-refractivity contribution in [2.45, 2.75) is 27.1 Å². The van der Waals surface area contributed by atoms with Gasteiger partial charge >= 0.3 is 0 Å². The van der Waals surface area contributed by atoms with Gasteiger partial charge in [-0.25, -0.2) is 0 Å². The Hall–Kier alpha value is -0.450. The van der Waals surface area contributed by atoms with Crippen molar-refractivity contribution >= 4 is 6.29 Å². The molecule has 0 unspecified atom stereocenters. The van der Waals surface area contributed by atoms with Crippen LogP contribution in [0, 0.1) is 0 Å². The molecular weight excluding hydrogens is 182 g/mol. The second-order valence-corrected chi connectivity index (χ2v) is 2.69. The van der Waals surface area contributed by atoms with Crippen LogP contribution < -0.4 is 0 Å². The minimum atomic E-state index is -0.0648. The molecule has 0 aliphatic heterocycles. The van der Waals surface area contributed by atoms with Crippen LogP contribution in [-0.2, 0) is 14.3 Å². The van der Waals surface area contributed by atoms with Gasteiger partial charge in [0.05, 0.1) is 6.54 Å². The van der Waals surface area contributed by atoms with E-state index < -0.39 is 0 Å². The fraction of sp³-hybridized carbons (Fsp3) is 0.900. The first kappa shape index (κ1) is 16.0. The Balaban J connectivity index is 0. The van der Waals surface area contributed by atoms with Crippen molar-refractivity contribution in [1.29, 1.82) is 0 Å². The van der Waals surface area contributed by atoms with Crippen molar-refractivity contribution in [3.63, 3.8) is 0 Å². The molecule has 4 nitrogen and oxygen atoms in total. The van der Waals surface area contributed by atoms with Crippen LogP contribution in [0.15, 0.2) is 0 Å². The monoisotopic (exact) mass is 205 g/mol. The van der Waals surface area contributed by atoms with Gasteiger partial charge in [0, 0.05) is 14.2 Å². The van der Waals surface area contributed by atoms with Crippen molar-refractivity contribution < 1.29 is 14.3 Å². The smallest absolute Gasteiger partial charge is 0.154 e. The van der Waals surface area contributed by atoms with E-state index in [1.54, 1.807) is 14.2 Å². The van der Waals surface area contributed by atoms with Gasteiger partial charge in [-0.05, 0) is 20.0 Å². The summed E-state index contributed by atoms with van der Waals surface area (Å²) in [6.45, 7) is 8.44. The molecule has 0 aromatic heterocycles. The zero-order valence-corrected chi connectivity index (χ0v) is 9.95. The molecule has 0 spiro atoms. The molecule has 0 N–H and O–H groups in total. The predicted molar refractivity (Wildman–Crippen MR) is 57.3 cm³/mol. The Morgan fingerprint density at radius 2 is 1.64 bits per heavy atom. The molecule has 0 atom stereocenters. The minimum absolute atomic E-state index is 0.0648. The normalized spacial score (nSPS) is 9.93. The molecule has 0 aromatic rings. The molecule has 0 fully saturated rings. The number of hydrogen-bond donors (Lipinski definition) is 0. The van der Waals surface area contributed by atoms with Gasteiger partial charge in [-0.15, -0.1) is 0 Å². The molecule has 0 aliphatic rings. The fourth-order valence-corrected chi connectivity index (χ4v) is 0.683. The van der Waals surface area contributed by atoms with E-state index >= 15 is 0 Å². The summed E-state index contributed by atoms with van der Waals surface area (Å²) in [5.41, 5.74) is 0. The van der Waals surface area contributed by atoms with Crippen LogP contribution >= 0.6 is 0 Å². The molecule has 0 radical (unpaired) electrons. The lowest BCUT2D eigenvalue weighted by molar-refractivity contribution is -0.108. The summed E-state index contributed by atoms with van der Waals surface area (Å²) >= 11 is 0. The van der Waals surface area contributed by atoms with Gasteiger partial charge in [-0.3, -0.25) is 4.90 Å². The Bertz CT molecular complexity index is 112. The third-order valence-electron chi connectivity index (χ3n) is 1.89. The van der Waals surface area contributed by atoms with E-state index in [-0.39, 0.29) is 6.29 Å². The highest BCUT2D eigenvalue weighted by molar-refractivity contribution is 5.51. The number of carbonyl (C=O) groups excluding carboxylic acids is 1. The second-order valence-electron chi connectivity index (χ2n) is 2.69. The third kappa shape index (κ3) is 11.6. The molecule has 0 amide bonds. The lowest BCUT2D eigenvalue weighted by Crippen LogP contribution is -2.24. The first-order chi connectivity index (χ1) is 6.65. The minimum Gasteiger partial charge on any atom is -0.356 e. The highest BCUT2D eigenvalue weighted by Gasteiger charge is 1.93. The summed E-state index contributed by atoms with van der Waals surface area (Å²) in [5.74, 6) is 0. The average Bonchev–Trinajstić information content (AvgIpc) is 2.25. The van der Waals surface area contributed by atoms with E-state index in [1.807, 2.05) is 20.8 Å². The first-order valence-corrected chi connectivity index (χ1v) is 4.87. The van der Waals surface area contributed by atoms with Crippen molar-refractivity contribution in [2.24, 2.45) is 0 Å². The zero-order chi connectivity index (χ0) is 11.4. The molecule has 0 rings (SSSR count). The number of nitrogens with zero attached hydrogens (tertiary/aromatic N) is 1. The van der Waals surface area contributed by atoms with Crippen LogP contribution in [0.2, 0.25) is 0 Å². The number of methoxy groups -OCH3 is 2. The first-order valence-electron chi connectivity index (χ1n) is 4.87. The number of ether oxygens (including phenoxy) is 2. The maximum absolute atomic E-state index is 9.89. The van der Waals surface area contributed by atoms with Crippen molar-refractivity contribution in [3.05, 3.63) is 0 Å². The molecule has 0 saturated heterocycles. The highest BCUT2D eigenvalue weighted by Crippen LogP contribution is 1.83. The summed E-state index contributed by atoms with van der Waals surface area (Å²) in [4.78, 5) is 12.0. The maximum atomic E-state index is 9.89. The molecule has 4 heteroatoms. The molecule has 0 bridgehead atoms. The summed E-state index contributed by atoms with van der Waals surface area (Å²) in [6.07, 6.45) is 0.873. The Morgan fingerprint density at radius 1 is 1.21 bits per heavy atom. The molecule has 14 heavy (non-hydrogen) atoms. The van der Waals surface area contributed by atoms with E-state index in [4.69, 9.17) is 0 Å². The Kier molecular flexibility index (Phi) is 14.3. The fourth-order valence-electron chi connectivity index (χ4n) is 0.683. The third-order valence-corrected chi connectivity index (χ3v) is 1.89. The van der Waals surface area contributed by atoms with Gasteiger partial charge in [-0.1, -0.05) is 13.8 Å². The average molecular weight is 205 g/mol. The van der Waals surface area contributed by atoms with Crippen molar-refractivity contribution in [1.82, 2.24) is 4.90 Å². The number of rotatable bonds is 6.